The van der Waals surface area contributed by atoms with Gasteiger partial charge >= 0.3 is 0 Å². The molecule has 18 heavy (non-hydrogen) atoms. The molecule has 0 unspecified atom stereocenters. The van der Waals surface area contributed by atoms with Gasteiger partial charge in [-0.3, -0.25) is 4.79 Å². The first-order chi connectivity index (χ1) is 8.70. The number of carbonyl (C=O) groups is 1. The Morgan fingerprint density at radius 2 is 1.61 bits per heavy atom. The molecule has 3 rings (SSSR count). The molecule has 0 saturated carbocycles. The number of carboxylic acids is 1. The lowest BCUT2D eigenvalue weighted by atomic mass is 10.3. The molecule has 1 aromatic carbocycles. The normalized spacial score (nSPS) is 8.72. The first kappa shape index (κ1) is 13.6. The van der Waals surface area contributed by atoms with Crippen LogP contribution in [0.3, 0.4) is 0 Å². The van der Waals surface area contributed by atoms with Crippen LogP contribution in [0.15, 0.2) is 61.1 Å². The maximum atomic E-state index is 9.00. The van der Waals surface area contributed by atoms with Crippen LogP contribution in [0.25, 0.3) is 10.9 Å². The largest absolute Gasteiger partial charge is 0.481 e. The number of H-pyrrole nitrogens is 2. The molecule has 3 aromatic rings. The number of aliphatic carboxylic acids is 1. The summed E-state index contributed by atoms with van der Waals surface area (Å²) in [5, 5.41) is 8.69. The van der Waals surface area contributed by atoms with E-state index in [9.17, 15) is 0 Å². The quantitative estimate of drug-likeness (QED) is 0.568. The fourth-order valence-electron chi connectivity index (χ4n) is 1.27. The Hall–Kier alpha value is -2.49. The molecule has 0 aliphatic carbocycles. The number of aromatic amines is 2. The minimum absolute atomic E-state index is 0.833. The topological polar surface area (TPSA) is 68.9 Å². The van der Waals surface area contributed by atoms with E-state index in [2.05, 4.69) is 28.2 Å². The lowest BCUT2D eigenvalue weighted by Gasteiger charge is -1.83. The van der Waals surface area contributed by atoms with E-state index in [4.69, 9.17) is 9.90 Å². The number of nitrogens with one attached hydrogen (secondary N) is 2. The van der Waals surface area contributed by atoms with E-state index in [1.54, 1.807) is 0 Å². The zero-order valence-electron chi connectivity index (χ0n) is 10.1. The van der Waals surface area contributed by atoms with E-state index in [1.807, 2.05) is 42.9 Å². The second kappa shape index (κ2) is 7.73. The van der Waals surface area contributed by atoms with Crippen LogP contribution < -0.4 is 0 Å². The zero-order valence-corrected chi connectivity index (χ0v) is 10.1. The minimum Gasteiger partial charge on any atom is -0.481 e. The number of para-hydroxylation sites is 1. The van der Waals surface area contributed by atoms with Gasteiger partial charge in [-0.05, 0) is 29.7 Å². The summed E-state index contributed by atoms with van der Waals surface area (Å²) in [4.78, 5) is 15.0. The molecule has 3 N–H and O–H groups in total. The van der Waals surface area contributed by atoms with E-state index < -0.39 is 5.97 Å². The van der Waals surface area contributed by atoms with Crippen LogP contribution in [0.1, 0.15) is 6.92 Å². The highest BCUT2D eigenvalue weighted by Gasteiger charge is 1.86. The summed E-state index contributed by atoms with van der Waals surface area (Å²) >= 11 is 0. The van der Waals surface area contributed by atoms with Crippen LogP contribution in [-0.4, -0.2) is 21.0 Å². The third kappa shape index (κ3) is 5.55. The number of carboxylic acid groups (broad SMARTS) is 1. The van der Waals surface area contributed by atoms with Gasteiger partial charge in [0.1, 0.15) is 0 Å². The fourth-order valence-corrected chi connectivity index (χ4v) is 1.27. The molecule has 0 aliphatic rings. The summed E-state index contributed by atoms with van der Waals surface area (Å²) in [6.45, 7) is 1.08. The van der Waals surface area contributed by atoms with Crippen LogP contribution in [0.4, 0.5) is 0 Å². The van der Waals surface area contributed by atoms with E-state index in [0.29, 0.717) is 0 Å². The van der Waals surface area contributed by atoms with Crippen LogP contribution in [0.5, 0.6) is 0 Å². The smallest absolute Gasteiger partial charge is 0.300 e. The van der Waals surface area contributed by atoms with Crippen LogP contribution >= 0.6 is 0 Å². The van der Waals surface area contributed by atoms with Gasteiger partial charge in [-0.25, -0.2) is 0 Å². The van der Waals surface area contributed by atoms with E-state index in [1.165, 1.54) is 10.9 Å². The number of benzene rings is 1. The first-order valence-electron chi connectivity index (χ1n) is 5.49. The van der Waals surface area contributed by atoms with Crippen LogP contribution in [-0.2, 0) is 4.79 Å². The molecule has 0 amide bonds. The highest BCUT2D eigenvalue weighted by atomic mass is 16.4. The highest BCUT2D eigenvalue weighted by Crippen LogP contribution is 2.09. The van der Waals surface area contributed by atoms with Gasteiger partial charge in [0, 0.05) is 31.0 Å². The zero-order chi connectivity index (χ0) is 13.2. The SMILES string of the molecule is CC(=O)O.c1cc[nH]c1.c1ccc2[nH]ccc2c1. The molecule has 0 saturated heterocycles. The molecular weight excluding hydrogens is 228 g/mol. The Bertz CT molecular complexity index is 504. The van der Waals surface area contributed by atoms with Gasteiger partial charge in [0.05, 0.1) is 0 Å². The molecule has 0 fully saturated rings. The summed E-state index contributed by atoms with van der Waals surface area (Å²) in [5.41, 5.74) is 1.21. The second-order valence-electron chi connectivity index (χ2n) is 3.47. The molecule has 0 atom stereocenters. The van der Waals surface area contributed by atoms with Gasteiger partial charge in [-0.15, -0.1) is 0 Å². The van der Waals surface area contributed by atoms with Gasteiger partial charge in [-0.2, -0.15) is 0 Å². The van der Waals surface area contributed by atoms with Crippen molar-refractivity contribution in [3.05, 3.63) is 61.1 Å². The van der Waals surface area contributed by atoms with Gasteiger partial charge in [0.25, 0.3) is 5.97 Å². The standard InChI is InChI=1S/C8H7N.C4H5N.C2H4O2/c1-2-4-8-7(3-1)5-6-9-8;1-2-4-5-3-1;1-2(3)4/h1-6,9H;1-5H;1H3,(H,3,4). The Labute approximate surface area is 105 Å². The average Bonchev–Trinajstić information content (AvgIpc) is 3.03. The van der Waals surface area contributed by atoms with Crippen molar-refractivity contribution >= 4 is 16.9 Å². The van der Waals surface area contributed by atoms with Crippen molar-refractivity contribution in [2.45, 2.75) is 6.92 Å². The van der Waals surface area contributed by atoms with E-state index >= 15 is 0 Å². The van der Waals surface area contributed by atoms with Crippen molar-refractivity contribution in [2.75, 3.05) is 0 Å². The number of fused-ring (bicyclic) bond motifs is 1. The molecule has 0 radical (unpaired) electrons. The maximum absolute atomic E-state index is 9.00. The van der Waals surface area contributed by atoms with Crippen molar-refractivity contribution in [1.29, 1.82) is 0 Å². The van der Waals surface area contributed by atoms with Gasteiger partial charge in [0.2, 0.25) is 0 Å². The van der Waals surface area contributed by atoms with Gasteiger partial charge in [-0.1, -0.05) is 18.2 Å². The number of hydrogen-bond donors (Lipinski definition) is 3. The lowest BCUT2D eigenvalue weighted by Crippen LogP contribution is -1.78. The Morgan fingerprint density at radius 3 is 2.11 bits per heavy atom. The van der Waals surface area contributed by atoms with Crippen molar-refractivity contribution in [3.8, 4) is 0 Å². The molecule has 0 spiro atoms. The predicted molar refractivity (Wildman–Crippen MR) is 72.4 cm³/mol. The third-order valence-corrected chi connectivity index (χ3v) is 1.96. The fraction of sp³-hybridized carbons (Fsp3) is 0.0714. The van der Waals surface area contributed by atoms with Crippen molar-refractivity contribution < 1.29 is 9.90 Å². The Morgan fingerprint density at radius 1 is 1.00 bits per heavy atom. The molecular formula is C14H16N2O2. The average molecular weight is 244 g/mol. The third-order valence-electron chi connectivity index (χ3n) is 1.96. The highest BCUT2D eigenvalue weighted by molar-refractivity contribution is 5.78. The van der Waals surface area contributed by atoms with E-state index in [-0.39, 0.29) is 0 Å². The monoisotopic (exact) mass is 244 g/mol. The molecule has 0 bridgehead atoms. The summed E-state index contributed by atoms with van der Waals surface area (Å²) in [6.07, 6.45) is 5.70. The van der Waals surface area contributed by atoms with Crippen molar-refractivity contribution in [2.24, 2.45) is 0 Å². The Balaban J connectivity index is 0.000000154. The van der Waals surface area contributed by atoms with Crippen molar-refractivity contribution in [1.82, 2.24) is 9.97 Å². The molecule has 4 nitrogen and oxygen atoms in total. The molecule has 0 aliphatic heterocycles. The lowest BCUT2D eigenvalue weighted by molar-refractivity contribution is -0.134. The summed E-state index contributed by atoms with van der Waals surface area (Å²) < 4.78 is 0. The van der Waals surface area contributed by atoms with Gasteiger partial charge in [0.15, 0.2) is 0 Å². The van der Waals surface area contributed by atoms with Crippen molar-refractivity contribution in [3.63, 3.8) is 0 Å². The number of rotatable bonds is 0. The summed E-state index contributed by atoms with van der Waals surface area (Å²) in [7, 11) is 0. The second-order valence-corrected chi connectivity index (χ2v) is 3.47. The molecule has 2 heterocycles. The number of aromatic nitrogens is 2. The van der Waals surface area contributed by atoms with E-state index in [0.717, 1.165) is 6.92 Å². The molecule has 2 aromatic heterocycles. The Kier molecular flexibility index (Phi) is 5.83. The van der Waals surface area contributed by atoms with Crippen LogP contribution in [0, 0.1) is 0 Å². The maximum Gasteiger partial charge on any atom is 0.300 e. The molecule has 94 valence electrons. The summed E-state index contributed by atoms with van der Waals surface area (Å²) in [6, 6.07) is 14.2. The van der Waals surface area contributed by atoms with Crippen LogP contribution in [0.2, 0.25) is 0 Å². The first-order valence-corrected chi connectivity index (χ1v) is 5.49. The predicted octanol–water partition coefficient (Wildman–Crippen LogP) is 3.27. The minimum atomic E-state index is -0.833. The molecule has 4 heteroatoms. The summed E-state index contributed by atoms with van der Waals surface area (Å²) in [5.74, 6) is -0.833. The number of hydrogen-bond acceptors (Lipinski definition) is 1. The van der Waals surface area contributed by atoms with Gasteiger partial charge < -0.3 is 15.1 Å².